The van der Waals surface area contributed by atoms with Crippen LogP contribution in [0.25, 0.3) is 10.8 Å². The number of aromatic hydroxyl groups is 1. The molecule has 4 heteroatoms. The first-order chi connectivity index (χ1) is 15.8. The molecule has 0 aliphatic heterocycles. The monoisotopic (exact) mass is 439 g/mol. The average Bonchev–Trinajstić information content (AvgIpc) is 2.82. The maximum atomic E-state index is 13.1. The van der Waals surface area contributed by atoms with E-state index in [1.165, 1.54) is 0 Å². The second-order valence-electron chi connectivity index (χ2n) is 9.17. The Morgan fingerprint density at radius 1 is 0.879 bits per heavy atom. The van der Waals surface area contributed by atoms with E-state index in [0.29, 0.717) is 11.3 Å². The van der Waals surface area contributed by atoms with Gasteiger partial charge in [-0.3, -0.25) is 4.79 Å². The Morgan fingerprint density at radius 2 is 1.55 bits per heavy atom. The number of hydrogen-bond acceptors (Lipinski definition) is 3. The fourth-order valence-electron chi connectivity index (χ4n) is 4.11. The molecule has 0 spiro atoms. The molecule has 1 unspecified atom stereocenters. The van der Waals surface area contributed by atoms with Gasteiger partial charge in [0.1, 0.15) is 11.5 Å². The summed E-state index contributed by atoms with van der Waals surface area (Å²) in [6.45, 7) is 6.22. The number of fused-ring (bicyclic) bond motifs is 1. The fraction of sp³-hybridized carbons (Fsp3) is 0.207. The summed E-state index contributed by atoms with van der Waals surface area (Å²) in [6, 6.07) is 28.3. The van der Waals surface area contributed by atoms with Crippen molar-refractivity contribution in [3.8, 4) is 11.5 Å². The van der Waals surface area contributed by atoms with Crippen molar-refractivity contribution < 1.29 is 14.6 Å². The van der Waals surface area contributed by atoms with Gasteiger partial charge in [-0.1, -0.05) is 99.6 Å². The zero-order valence-electron chi connectivity index (χ0n) is 19.2. The topological polar surface area (TPSA) is 58.6 Å². The van der Waals surface area contributed by atoms with Crippen molar-refractivity contribution in [2.24, 2.45) is 0 Å². The van der Waals surface area contributed by atoms with E-state index in [0.717, 1.165) is 21.9 Å². The predicted molar refractivity (Wildman–Crippen MR) is 133 cm³/mol. The zero-order valence-corrected chi connectivity index (χ0v) is 19.2. The van der Waals surface area contributed by atoms with E-state index in [1.54, 1.807) is 6.07 Å². The van der Waals surface area contributed by atoms with E-state index in [4.69, 9.17) is 4.74 Å². The van der Waals surface area contributed by atoms with Gasteiger partial charge in [0.25, 0.3) is 5.91 Å². The number of carbonyl (C=O) groups is 1. The summed E-state index contributed by atoms with van der Waals surface area (Å²) in [4.78, 5) is 13.1. The molecular formula is C29H29NO3. The molecule has 0 saturated carbocycles. The van der Waals surface area contributed by atoms with Crippen LogP contribution in [0, 0.1) is 0 Å². The predicted octanol–water partition coefficient (Wildman–Crippen LogP) is 6.13. The molecule has 0 aromatic heterocycles. The Hall–Kier alpha value is -3.79. The van der Waals surface area contributed by atoms with E-state index >= 15 is 0 Å². The van der Waals surface area contributed by atoms with Crippen LogP contribution in [-0.4, -0.2) is 17.6 Å². The van der Waals surface area contributed by atoms with Gasteiger partial charge in [-0.2, -0.15) is 0 Å². The molecule has 0 bridgehead atoms. The van der Waals surface area contributed by atoms with Crippen molar-refractivity contribution in [2.45, 2.75) is 32.2 Å². The molecule has 2 N–H and O–H groups in total. The summed E-state index contributed by atoms with van der Waals surface area (Å²) in [7, 11) is 0. The van der Waals surface area contributed by atoms with E-state index in [2.05, 4.69) is 26.1 Å². The Balaban J connectivity index is 1.64. The number of nitrogens with one attached hydrogen (secondary N) is 1. The van der Waals surface area contributed by atoms with Crippen LogP contribution in [0.5, 0.6) is 11.5 Å². The summed E-state index contributed by atoms with van der Waals surface area (Å²) in [6.07, 6.45) is 0. The second kappa shape index (κ2) is 9.37. The smallest absolute Gasteiger partial charge is 0.258 e. The van der Waals surface area contributed by atoms with Crippen molar-refractivity contribution in [3.63, 3.8) is 0 Å². The lowest BCUT2D eigenvalue weighted by Gasteiger charge is -2.24. The van der Waals surface area contributed by atoms with E-state index < -0.39 is 6.04 Å². The van der Waals surface area contributed by atoms with Gasteiger partial charge in [0.05, 0.1) is 6.04 Å². The largest absolute Gasteiger partial charge is 0.508 e. The van der Waals surface area contributed by atoms with Gasteiger partial charge in [0.15, 0.2) is 6.61 Å². The standard InChI is InChI=1S/C29H29NO3/c1-29(2,3)23-15-9-10-16-25(23)33-19-26(32)30-28(21-12-5-4-6-13-21)27-22-14-8-7-11-20(22)17-18-24(27)31/h4-18,28,31H,19H2,1-3H3,(H,30,32). The third-order valence-electron chi connectivity index (χ3n) is 5.73. The number of carbonyl (C=O) groups excluding carboxylic acids is 1. The molecule has 33 heavy (non-hydrogen) atoms. The van der Waals surface area contributed by atoms with Gasteiger partial charge in [0.2, 0.25) is 0 Å². The van der Waals surface area contributed by atoms with Crippen LogP contribution >= 0.6 is 0 Å². The Labute approximate surface area is 194 Å². The van der Waals surface area contributed by atoms with E-state index in [9.17, 15) is 9.90 Å². The van der Waals surface area contributed by atoms with E-state index in [-0.39, 0.29) is 23.7 Å². The van der Waals surface area contributed by atoms with Crippen LogP contribution in [0.4, 0.5) is 0 Å². The molecule has 1 amide bonds. The molecule has 4 nitrogen and oxygen atoms in total. The lowest BCUT2D eigenvalue weighted by molar-refractivity contribution is -0.123. The molecule has 168 valence electrons. The minimum absolute atomic E-state index is 0.103. The van der Waals surface area contributed by atoms with Crippen molar-refractivity contribution >= 4 is 16.7 Å². The number of para-hydroxylation sites is 1. The van der Waals surface area contributed by atoms with Gasteiger partial charge in [0, 0.05) is 5.56 Å². The SMILES string of the molecule is CC(C)(C)c1ccccc1OCC(=O)NC(c1ccccc1)c1c(O)ccc2ccccc12. The fourth-order valence-corrected chi connectivity index (χ4v) is 4.11. The minimum Gasteiger partial charge on any atom is -0.508 e. The molecule has 1 atom stereocenters. The number of benzene rings is 4. The highest BCUT2D eigenvalue weighted by atomic mass is 16.5. The third kappa shape index (κ3) is 5.01. The highest BCUT2D eigenvalue weighted by molar-refractivity contribution is 5.89. The molecule has 4 rings (SSSR count). The summed E-state index contributed by atoms with van der Waals surface area (Å²) >= 11 is 0. The summed E-state index contributed by atoms with van der Waals surface area (Å²) in [5.41, 5.74) is 2.49. The van der Waals surface area contributed by atoms with Gasteiger partial charge >= 0.3 is 0 Å². The van der Waals surface area contributed by atoms with Crippen LogP contribution in [0.15, 0.2) is 91.0 Å². The van der Waals surface area contributed by atoms with Crippen molar-refractivity contribution in [2.75, 3.05) is 6.61 Å². The molecule has 0 fully saturated rings. The highest BCUT2D eigenvalue weighted by Crippen LogP contribution is 2.36. The number of phenols is 1. The molecule has 0 aliphatic carbocycles. The third-order valence-corrected chi connectivity index (χ3v) is 5.73. The summed E-state index contributed by atoms with van der Waals surface area (Å²) in [5, 5.41) is 15.8. The molecule has 0 heterocycles. The van der Waals surface area contributed by atoms with Gasteiger partial charge < -0.3 is 15.2 Å². The number of ether oxygens (including phenoxy) is 1. The molecule has 0 aliphatic rings. The Morgan fingerprint density at radius 3 is 2.30 bits per heavy atom. The Bertz CT molecular complexity index is 1260. The zero-order chi connectivity index (χ0) is 23.4. The van der Waals surface area contributed by atoms with Crippen molar-refractivity contribution in [1.29, 1.82) is 0 Å². The van der Waals surface area contributed by atoms with Crippen LogP contribution in [0.2, 0.25) is 0 Å². The molecule has 4 aromatic rings. The molecular weight excluding hydrogens is 410 g/mol. The highest BCUT2D eigenvalue weighted by Gasteiger charge is 2.23. The first-order valence-corrected chi connectivity index (χ1v) is 11.1. The van der Waals surface area contributed by atoms with Crippen LogP contribution < -0.4 is 10.1 Å². The van der Waals surface area contributed by atoms with Crippen molar-refractivity contribution in [3.05, 3.63) is 108 Å². The van der Waals surface area contributed by atoms with Gasteiger partial charge in [-0.15, -0.1) is 0 Å². The minimum atomic E-state index is -0.522. The van der Waals surface area contributed by atoms with Crippen molar-refractivity contribution in [1.82, 2.24) is 5.32 Å². The number of hydrogen-bond donors (Lipinski definition) is 2. The first kappa shape index (κ1) is 22.4. The van der Waals surface area contributed by atoms with Crippen LogP contribution in [0.3, 0.4) is 0 Å². The number of phenolic OH excluding ortho intramolecular Hbond substituents is 1. The first-order valence-electron chi connectivity index (χ1n) is 11.1. The van der Waals surface area contributed by atoms with Crippen LogP contribution in [0.1, 0.15) is 43.5 Å². The summed E-state index contributed by atoms with van der Waals surface area (Å²) < 4.78 is 5.94. The normalized spacial score (nSPS) is 12.3. The number of rotatable bonds is 6. The summed E-state index contributed by atoms with van der Waals surface area (Å²) in [5.74, 6) is 0.575. The second-order valence-corrected chi connectivity index (χ2v) is 9.17. The van der Waals surface area contributed by atoms with E-state index in [1.807, 2.05) is 84.9 Å². The van der Waals surface area contributed by atoms with Gasteiger partial charge in [-0.05, 0) is 39.4 Å². The Kier molecular flexibility index (Phi) is 6.36. The molecule has 0 saturated heterocycles. The quantitative estimate of drug-likeness (QED) is 0.380. The lowest BCUT2D eigenvalue weighted by atomic mass is 9.86. The average molecular weight is 440 g/mol. The molecule has 0 radical (unpaired) electrons. The number of amides is 1. The lowest BCUT2D eigenvalue weighted by Crippen LogP contribution is -2.33. The molecule has 4 aromatic carbocycles. The van der Waals surface area contributed by atoms with Crippen LogP contribution in [-0.2, 0) is 10.2 Å². The maximum absolute atomic E-state index is 13.1. The maximum Gasteiger partial charge on any atom is 0.258 e. The van der Waals surface area contributed by atoms with Gasteiger partial charge in [-0.25, -0.2) is 0 Å².